The zero-order chi connectivity index (χ0) is 12.0. The molecule has 0 fully saturated rings. The first-order chi connectivity index (χ1) is 7.69. The van der Waals surface area contributed by atoms with E-state index in [1.54, 1.807) is 17.0 Å². The third-order valence-electron chi connectivity index (χ3n) is 2.20. The van der Waals surface area contributed by atoms with Gasteiger partial charge in [0.15, 0.2) is 5.82 Å². The van der Waals surface area contributed by atoms with Crippen LogP contribution in [0, 0.1) is 0 Å². The summed E-state index contributed by atoms with van der Waals surface area (Å²) >= 11 is 0. The second-order valence-corrected chi connectivity index (χ2v) is 5.09. The molecule has 1 unspecified atom stereocenters. The smallest absolute Gasteiger partial charge is 0.293 e. The Kier molecular flexibility index (Phi) is 5.18. The summed E-state index contributed by atoms with van der Waals surface area (Å²) in [7, 11) is -0.814. The molecule has 0 amide bonds. The fourth-order valence-electron chi connectivity index (χ4n) is 1.25. The van der Waals surface area contributed by atoms with Crippen molar-refractivity contribution in [2.45, 2.75) is 20.4 Å². The second-order valence-electron chi connectivity index (χ2n) is 3.23. The molecule has 90 valence electrons. The lowest BCUT2D eigenvalue weighted by Gasteiger charge is -2.06. The Balaban J connectivity index is 2.61. The molecule has 0 aliphatic carbocycles. The Bertz CT molecular complexity index is 417. The fourth-order valence-corrected chi connectivity index (χ4v) is 1.86. The SMILES string of the molecule is CCn1ccnc(NCCS(=O)CC)c1=O. The molecule has 0 spiro atoms. The van der Waals surface area contributed by atoms with Crippen LogP contribution in [0.25, 0.3) is 0 Å². The van der Waals surface area contributed by atoms with Gasteiger partial charge in [0.2, 0.25) is 0 Å². The van der Waals surface area contributed by atoms with E-state index in [9.17, 15) is 9.00 Å². The van der Waals surface area contributed by atoms with Crippen molar-refractivity contribution in [1.29, 1.82) is 0 Å². The lowest BCUT2D eigenvalue weighted by molar-refractivity contribution is 0.683. The number of rotatable bonds is 6. The molecular formula is C10H17N3O2S. The van der Waals surface area contributed by atoms with Crippen LogP contribution in [0.5, 0.6) is 0 Å². The quantitative estimate of drug-likeness (QED) is 0.787. The van der Waals surface area contributed by atoms with Crippen molar-refractivity contribution >= 4 is 16.6 Å². The fraction of sp³-hybridized carbons (Fsp3) is 0.600. The van der Waals surface area contributed by atoms with Gasteiger partial charge in [-0.2, -0.15) is 0 Å². The highest BCUT2D eigenvalue weighted by Gasteiger charge is 2.03. The normalized spacial score (nSPS) is 12.4. The zero-order valence-corrected chi connectivity index (χ0v) is 10.4. The molecule has 0 aliphatic heterocycles. The van der Waals surface area contributed by atoms with Gasteiger partial charge in [0.05, 0.1) is 0 Å². The number of nitrogens with zero attached hydrogens (tertiary/aromatic N) is 2. The molecule has 1 aromatic rings. The van der Waals surface area contributed by atoms with E-state index >= 15 is 0 Å². The number of nitrogens with one attached hydrogen (secondary N) is 1. The molecule has 16 heavy (non-hydrogen) atoms. The van der Waals surface area contributed by atoms with Crippen LogP contribution in [0.2, 0.25) is 0 Å². The Morgan fingerprint density at radius 1 is 1.50 bits per heavy atom. The van der Waals surface area contributed by atoms with Gasteiger partial charge in [-0.3, -0.25) is 9.00 Å². The molecule has 6 heteroatoms. The number of aryl methyl sites for hydroxylation is 1. The van der Waals surface area contributed by atoms with Crippen molar-refractivity contribution in [3.8, 4) is 0 Å². The van der Waals surface area contributed by atoms with E-state index in [1.807, 2.05) is 13.8 Å². The maximum Gasteiger partial charge on any atom is 0.293 e. The summed E-state index contributed by atoms with van der Waals surface area (Å²) in [6.07, 6.45) is 3.24. The minimum absolute atomic E-state index is 0.132. The molecule has 1 aromatic heterocycles. The van der Waals surface area contributed by atoms with Gasteiger partial charge in [0.25, 0.3) is 5.56 Å². The highest BCUT2D eigenvalue weighted by atomic mass is 32.2. The average Bonchev–Trinajstić information content (AvgIpc) is 2.31. The summed E-state index contributed by atoms with van der Waals surface area (Å²) < 4.78 is 12.8. The number of anilines is 1. The Labute approximate surface area is 97.4 Å². The first-order valence-electron chi connectivity index (χ1n) is 5.33. The van der Waals surface area contributed by atoms with Crippen LogP contribution in [-0.4, -0.2) is 31.8 Å². The van der Waals surface area contributed by atoms with Gasteiger partial charge in [-0.15, -0.1) is 0 Å². The maximum atomic E-state index is 11.7. The molecule has 0 radical (unpaired) electrons. The summed E-state index contributed by atoms with van der Waals surface area (Å²) in [4.78, 5) is 15.7. The molecule has 0 bridgehead atoms. The lowest BCUT2D eigenvalue weighted by atomic mass is 10.5. The van der Waals surface area contributed by atoms with Crippen molar-refractivity contribution < 1.29 is 4.21 Å². The topological polar surface area (TPSA) is 64.0 Å². The highest BCUT2D eigenvalue weighted by Crippen LogP contribution is 1.92. The Morgan fingerprint density at radius 2 is 2.25 bits per heavy atom. The third kappa shape index (κ3) is 3.44. The van der Waals surface area contributed by atoms with E-state index in [-0.39, 0.29) is 5.56 Å². The molecule has 0 aliphatic rings. The van der Waals surface area contributed by atoms with Crippen LogP contribution in [-0.2, 0) is 17.3 Å². The second kappa shape index (κ2) is 6.42. The van der Waals surface area contributed by atoms with Gasteiger partial charge in [-0.25, -0.2) is 4.98 Å². The van der Waals surface area contributed by atoms with Crippen molar-refractivity contribution in [3.63, 3.8) is 0 Å². The number of aromatic nitrogens is 2. The van der Waals surface area contributed by atoms with Crippen LogP contribution < -0.4 is 10.9 Å². The van der Waals surface area contributed by atoms with E-state index in [4.69, 9.17) is 0 Å². The maximum absolute atomic E-state index is 11.7. The van der Waals surface area contributed by atoms with Gasteiger partial charge in [0, 0.05) is 47.8 Å². The van der Waals surface area contributed by atoms with E-state index in [1.165, 1.54) is 0 Å². The minimum atomic E-state index is -0.814. The van der Waals surface area contributed by atoms with Gasteiger partial charge in [-0.1, -0.05) is 6.92 Å². The molecule has 1 rings (SSSR count). The van der Waals surface area contributed by atoms with Gasteiger partial charge in [0.1, 0.15) is 0 Å². The van der Waals surface area contributed by atoms with Crippen LogP contribution in [0.15, 0.2) is 17.2 Å². The molecule has 1 heterocycles. The summed E-state index contributed by atoms with van der Waals surface area (Å²) in [6, 6.07) is 0. The monoisotopic (exact) mass is 243 g/mol. The Morgan fingerprint density at radius 3 is 2.88 bits per heavy atom. The molecule has 1 atom stereocenters. The van der Waals surface area contributed by atoms with Crippen LogP contribution in [0.4, 0.5) is 5.82 Å². The van der Waals surface area contributed by atoms with Gasteiger partial charge < -0.3 is 9.88 Å². The molecule has 0 saturated carbocycles. The first-order valence-corrected chi connectivity index (χ1v) is 6.82. The molecule has 5 nitrogen and oxygen atoms in total. The molecular weight excluding hydrogens is 226 g/mol. The standard InChI is InChI=1S/C10H17N3O2S/c1-3-13-7-5-11-9(10(13)14)12-6-8-16(15)4-2/h5,7H,3-4,6,8H2,1-2H3,(H,11,12). The highest BCUT2D eigenvalue weighted by molar-refractivity contribution is 7.84. The molecule has 0 aromatic carbocycles. The van der Waals surface area contributed by atoms with Crippen LogP contribution in [0.1, 0.15) is 13.8 Å². The molecule has 1 N–H and O–H groups in total. The summed E-state index contributed by atoms with van der Waals surface area (Å²) in [5, 5.41) is 2.92. The van der Waals surface area contributed by atoms with Crippen molar-refractivity contribution in [2.24, 2.45) is 0 Å². The van der Waals surface area contributed by atoms with Gasteiger partial charge in [-0.05, 0) is 6.92 Å². The van der Waals surface area contributed by atoms with Crippen LogP contribution in [0.3, 0.4) is 0 Å². The van der Waals surface area contributed by atoms with Crippen LogP contribution >= 0.6 is 0 Å². The van der Waals surface area contributed by atoms with E-state index < -0.39 is 10.8 Å². The first kappa shape index (κ1) is 12.9. The summed E-state index contributed by atoms with van der Waals surface area (Å²) in [6.45, 7) is 4.91. The predicted octanol–water partition coefficient (Wildman–Crippen LogP) is 0.444. The lowest BCUT2D eigenvalue weighted by Crippen LogP contribution is -2.25. The van der Waals surface area contributed by atoms with E-state index in [2.05, 4.69) is 10.3 Å². The number of hydrogen-bond acceptors (Lipinski definition) is 4. The molecule has 0 saturated heterocycles. The summed E-state index contributed by atoms with van der Waals surface area (Å²) in [5.41, 5.74) is -0.132. The summed E-state index contributed by atoms with van der Waals surface area (Å²) in [5.74, 6) is 1.51. The van der Waals surface area contributed by atoms with Crippen molar-refractivity contribution in [2.75, 3.05) is 23.4 Å². The average molecular weight is 243 g/mol. The zero-order valence-electron chi connectivity index (χ0n) is 9.60. The van der Waals surface area contributed by atoms with Crippen molar-refractivity contribution in [1.82, 2.24) is 9.55 Å². The third-order valence-corrected chi connectivity index (χ3v) is 3.50. The van der Waals surface area contributed by atoms with E-state index in [0.717, 1.165) is 0 Å². The number of hydrogen-bond donors (Lipinski definition) is 1. The Hall–Kier alpha value is -1.17. The minimum Gasteiger partial charge on any atom is -0.365 e. The van der Waals surface area contributed by atoms with E-state index in [0.29, 0.717) is 30.4 Å². The predicted molar refractivity (Wildman–Crippen MR) is 66.2 cm³/mol. The van der Waals surface area contributed by atoms with Crippen molar-refractivity contribution in [3.05, 3.63) is 22.7 Å². The van der Waals surface area contributed by atoms with Gasteiger partial charge >= 0.3 is 0 Å². The largest absolute Gasteiger partial charge is 0.365 e.